The number of amides is 2. The molecule has 1 saturated heterocycles. The summed E-state index contributed by atoms with van der Waals surface area (Å²) in [4.78, 5) is 14.3. The van der Waals surface area contributed by atoms with E-state index in [9.17, 15) is 4.79 Å². The van der Waals surface area contributed by atoms with Crippen LogP contribution in [0.4, 0.5) is 10.5 Å². The predicted molar refractivity (Wildman–Crippen MR) is 89.1 cm³/mol. The van der Waals surface area contributed by atoms with Crippen LogP contribution >= 0.6 is 0 Å². The number of urea groups is 1. The first-order chi connectivity index (χ1) is 10.7. The van der Waals surface area contributed by atoms with Gasteiger partial charge in [-0.15, -0.1) is 0 Å². The molecule has 2 amide bonds. The Morgan fingerprint density at radius 2 is 2.00 bits per heavy atom. The third kappa shape index (κ3) is 5.22. The molecule has 1 heterocycles. The molecule has 22 heavy (non-hydrogen) atoms. The van der Waals surface area contributed by atoms with Crippen molar-refractivity contribution >= 4 is 11.7 Å². The van der Waals surface area contributed by atoms with Crippen molar-refractivity contribution < 1.29 is 9.90 Å². The highest BCUT2D eigenvalue weighted by molar-refractivity contribution is 5.74. The number of hydrogen-bond donors (Lipinski definition) is 3. The van der Waals surface area contributed by atoms with E-state index in [4.69, 9.17) is 5.11 Å². The number of aliphatic hydroxyl groups is 1. The van der Waals surface area contributed by atoms with Gasteiger partial charge in [0.25, 0.3) is 0 Å². The van der Waals surface area contributed by atoms with E-state index >= 15 is 0 Å². The molecule has 0 aromatic heterocycles. The number of benzene rings is 1. The summed E-state index contributed by atoms with van der Waals surface area (Å²) in [6.07, 6.45) is 3.45. The van der Waals surface area contributed by atoms with E-state index in [2.05, 4.69) is 39.8 Å². The SMILES string of the molecule is CC(CCCO)NC(=O)NC1CCN(c2ccccc2)CC1. The number of nitrogens with zero attached hydrogens (tertiary/aromatic N) is 1. The predicted octanol–water partition coefficient (Wildman–Crippen LogP) is 2.12. The third-order valence-electron chi connectivity index (χ3n) is 4.12. The van der Waals surface area contributed by atoms with E-state index in [1.807, 2.05) is 13.0 Å². The van der Waals surface area contributed by atoms with Gasteiger partial charge in [0.05, 0.1) is 0 Å². The number of anilines is 1. The molecular weight excluding hydrogens is 278 g/mol. The summed E-state index contributed by atoms with van der Waals surface area (Å²) < 4.78 is 0. The minimum Gasteiger partial charge on any atom is -0.396 e. The maximum absolute atomic E-state index is 11.9. The molecule has 1 aliphatic rings. The van der Waals surface area contributed by atoms with Gasteiger partial charge in [-0.25, -0.2) is 4.79 Å². The smallest absolute Gasteiger partial charge is 0.315 e. The van der Waals surface area contributed by atoms with Crippen molar-refractivity contribution in [2.45, 2.75) is 44.7 Å². The lowest BCUT2D eigenvalue weighted by atomic mass is 10.0. The summed E-state index contributed by atoms with van der Waals surface area (Å²) >= 11 is 0. The van der Waals surface area contributed by atoms with E-state index in [0.717, 1.165) is 38.8 Å². The second kappa shape index (κ2) is 8.63. The molecule has 2 rings (SSSR count). The van der Waals surface area contributed by atoms with Gasteiger partial charge < -0.3 is 20.6 Å². The fourth-order valence-corrected chi connectivity index (χ4v) is 2.84. The second-order valence-electron chi connectivity index (χ2n) is 5.98. The van der Waals surface area contributed by atoms with Crippen LogP contribution in [0, 0.1) is 0 Å². The van der Waals surface area contributed by atoms with Gasteiger partial charge in [-0.1, -0.05) is 18.2 Å². The first kappa shape index (κ1) is 16.6. The molecule has 5 heteroatoms. The Labute approximate surface area is 132 Å². The van der Waals surface area contributed by atoms with Gasteiger partial charge in [-0.3, -0.25) is 0 Å². The molecule has 0 aliphatic carbocycles. The number of para-hydroxylation sites is 1. The number of nitrogens with one attached hydrogen (secondary N) is 2. The van der Waals surface area contributed by atoms with Crippen LogP contribution in [0.25, 0.3) is 0 Å². The standard InChI is InChI=1S/C17H27N3O2/c1-14(6-5-13-21)18-17(22)19-15-9-11-20(12-10-15)16-7-3-2-4-8-16/h2-4,7-8,14-15,21H,5-6,9-13H2,1H3,(H2,18,19,22). The monoisotopic (exact) mass is 305 g/mol. The normalized spacial score (nSPS) is 17.1. The topological polar surface area (TPSA) is 64.6 Å². The van der Waals surface area contributed by atoms with Gasteiger partial charge >= 0.3 is 6.03 Å². The summed E-state index contributed by atoms with van der Waals surface area (Å²) in [6, 6.07) is 10.6. The van der Waals surface area contributed by atoms with E-state index < -0.39 is 0 Å². The summed E-state index contributed by atoms with van der Waals surface area (Å²) in [5.41, 5.74) is 1.25. The van der Waals surface area contributed by atoms with Gasteiger partial charge in [0.1, 0.15) is 0 Å². The fraction of sp³-hybridized carbons (Fsp3) is 0.588. The minimum absolute atomic E-state index is 0.0939. The highest BCUT2D eigenvalue weighted by Gasteiger charge is 2.21. The summed E-state index contributed by atoms with van der Waals surface area (Å²) in [5.74, 6) is 0. The van der Waals surface area contributed by atoms with Crippen molar-refractivity contribution in [1.82, 2.24) is 10.6 Å². The van der Waals surface area contributed by atoms with Crippen LogP contribution in [-0.2, 0) is 0 Å². The van der Waals surface area contributed by atoms with Crippen molar-refractivity contribution in [3.8, 4) is 0 Å². The van der Waals surface area contributed by atoms with E-state index in [-0.39, 0.29) is 24.7 Å². The van der Waals surface area contributed by atoms with Crippen LogP contribution in [0.3, 0.4) is 0 Å². The van der Waals surface area contributed by atoms with Crippen molar-refractivity contribution in [2.75, 3.05) is 24.6 Å². The Balaban J connectivity index is 1.70. The molecule has 1 atom stereocenters. The Bertz CT molecular complexity index is 444. The highest BCUT2D eigenvalue weighted by Crippen LogP contribution is 2.19. The van der Waals surface area contributed by atoms with Crippen LogP contribution in [-0.4, -0.2) is 42.9 Å². The molecule has 0 spiro atoms. The number of hydrogen-bond acceptors (Lipinski definition) is 3. The second-order valence-corrected chi connectivity index (χ2v) is 5.98. The highest BCUT2D eigenvalue weighted by atomic mass is 16.3. The van der Waals surface area contributed by atoms with Gasteiger partial charge in [0.2, 0.25) is 0 Å². The number of carbonyl (C=O) groups is 1. The summed E-state index contributed by atoms with van der Waals surface area (Å²) in [5, 5.41) is 14.8. The zero-order valence-electron chi connectivity index (χ0n) is 13.3. The van der Waals surface area contributed by atoms with Gasteiger partial charge in [-0.05, 0) is 44.7 Å². The van der Waals surface area contributed by atoms with Crippen molar-refractivity contribution in [3.05, 3.63) is 30.3 Å². The van der Waals surface area contributed by atoms with E-state index in [1.54, 1.807) is 0 Å². The zero-order chi connectivity index (χ0) is 15.8. The number of carbonyl (C=O) groups excluding carboxylic acids is 1. The molecule has 1 aromatic carbocycles. The molecule has 1 aliphatic heterocycles. The Hall–Kier alpha value is -1.75. The quantitative estimate of drug-likeness (QED) is 0.754. The zero-order valence-corrected chi connectivity index (χ0v) is 13.3. The Morgan fingerprint density at radius 1 is 1.32 bits per heavy atom. The summed E-state index contributed by atoms with van der Waals surface area (Å²) in [7, 11) is 0. The maximum Gasteiger partial charge on any atom is 0.315 e. The van der Waals surface area contributed by atoms with Crippen molar-refractivity contribution in [1.29, 1.82) is 0 Å². The molecule has 0 saturated carbocycles. The molecule has 3 N–H and O–H groups in total. The van der Waals surface area contributed by atoms with Crippen LogP contribution in [0.15, 0.2) is 30.3 Å². The lowest BCUT2D eigenvalue weighted by Gasteiger charge is -2.34. The van der Waals surface area contributed by atoms with E-state index in [1.165, 1.54) is 5.69 Å². The number of aliphatic hydroxyl groups excluding tert-OH is 1. The summed E-state index contributed by atoms with van der Waals surface area (Å²) in [6.45, 7) is 4.07. The molecule has 1 aromatic rings. The van der Waals surface area contributed by atoms with Gasteiger partial charge in [0.15, 0.2) is 0 Å². The third-order valence-corrected chi connectivity index (χ3v) is 4.12. The largest absolute Gasteiger partial charge is 0.396 e. The molecule has 1 fully saturated rings. The van der Waals surface area contributed by atoms with Crippen LogP contribution in [0.1, 0.15) is 32.6 Å². The maximum atomic E-state index is 11.9. The first-order valence-corrected chi connectivity index (χ1v) is 8.17. The average Bonchev–Trinajstić information content (AvgIpc) is 2.54. The average molecular weight is 305 g/mol. The minimum atomic E-state index is -0.0939. The number of rotatable bonds is 6. The lowest BCUT2D eigenvalue weighted by Crippen LogP contribution is -2.49. The lowest BCUT2D eigenvalue weighted by molar-refractivity contribution is 0.228. The Morgan fingerprint density at radius 3 is 2.64 bits per heavy atom. The Kier molecular flexibility index (Phi) is 6.52. The first-order valence-electron chi connectivity index (χ1n) is 8.17. The fourth-order valence-electron chi connectivity index (χ4n) is 2.84. The molecule has 1 unspecified atom stereocenters. The van der Waals surface area contributed by atoms with E-state index in [0.29, 0.717) is 0 Å². The number of piperidine rings is 1. The van der Waals surface area contributed by atoms with Crippen LogP contribution < -0.4 is 15.5 Å². The van der Waals surface area contributed by atoms with Gasteiger partial charge in [0, 0.05) is 37.5 Å². The van der Waals surface area contributed by atoms with Crippen molar-refractivity contribution in [3.63, 3.8) is 0 Å². The molecule has 0 radical (unpaired) electrons. The van der Waals surface area contributed by atoms with Gasteiger partial charge in [-0.2, -0.15) is 0 Å². The van der Waals surface area contributed by atoms with Crippen LogP contribution in [0.2, 0.25) is 0 Å². The molecular formula is C17H27N3O2. The molecule has 5 nitrogen and oxygen atoms in total. The van der Waals surface area contributed by atoms with Crippen molar-refractivity contribution in [2.24, 2.45) is 0 Å². The molecule has 122 valence electrons. The van der Waals surface area contributed by atoms with Crippen LogP contribution in [0.5, 0.6) is 0 Å². The molecule has 0 bridgehead atoms.